The quantitative estimate of drug-likeness (QED) is 0.0170. The predicted octanol–water partition coefficient (Wildman–Crippen LogP) is 15.9. The molecule has 0 bridgehead atoms. The molecule has 0 saturated carbocycles. The van der Waals surface area contributed by atoms with Crippen LogP contribution < -0.4 is 85.9 Å². The van der Waals surface area contributed by atoms with Crippen molar-refractivity contribution in [2.24, 2.45) is 0 Å². The van der Waals surface area contributed by atoms with Crippen molar-refractivity contribution in [3.8, 4) is 22.3 Å². The standard InChI is InChI=1S/C64H54N8O8.C34H34N8O4.BH.U/c1-65-59(73)37-27-29-55(57(31-37)71-63(77)79-35-53-47-23-11-3-15-39(47)40-16-4-12-24-48(40)53)69-61(75)67-33-51-43-19-7-9-21-45(43)52(46-22-10-8-20-44(46)51)34-68-62(76)70-56-30-28-38(60(74)66-2)32-58(56)72-64(78)80-36-54-49-25-13-5-17-41(49)42-18-6-14-26-50(42)54;1-37-31(43)19-11-13-29(27(35)15-19)41-33(45)39-17-25-21-7-3-5-9-23(21)26(24-10-6-4-8-22(24)25)18-40-34(46)42-30-14-12-20(16-28(30)36)32(44)38-2;;/h3-32,53-54H,33-36H2,1-2H3,(H,65,73)(H,66,74)(H,71,77)(H,72,78)(H2,67,69,75)(H2,68,70,76);3-16H,17-18,35-36H2,1-2H3,(H,37,43)(H,38,44)(H2,39,41,45)(H2,40,42,46);1H;/i;;1D;. The number of ether oxygens (including phenoxy) is 2. The molecule has 0 aromatic heterocycles. The number of anilines is 8. The number of amides is 14. The van der Waals surface area contributed by atoms with Crippen molar-refractivity contribution in [1.82, 2.24) is 42.5 Å². The van der Waals surface area contributed by atoms with Gasteiger partial charge >= 0.3 is 36.3 Å². The van der Waals surface area contributed by atoms with Crippen LogP contribution in [0.3, 0.4) is 0 Å². The molecule has 2 aliphatic carbocycles. The molecular weight excluding hydrogens is 1840 g/mol. The molecule has 18 N–H and O–H groups in total. The zero-order chi connectivity index (χ0) is 90.1. The molecule has 0 spiro atoms. The Morgan fingerprint density at radius 3 is 0.750 bits per heavy atom. The third-order valence-corrected chi connectivity index (χ3v) is 22.3. The third-order valence-electron chi connectivity index (χ3n) is 22.3. The molecule has 0 saturated heterocycles. The summed E-state index contributed by atoms with van der Waals surface area (Å²) in [5.74, 6) is -1.70. The van der Waals surface area contributed by atoms with E-state index >= 15 is 0 Å². The van der Waals surface area contributed by atoms with E-state index in [2.05, 4.69) is 107 Å². The van der Waals surface area contributed by atoms with Gasteiger partial charge in [0.1, 0.15) is 13.2 Å². The van der Waals surface area contributed by atoms with Crippen LogP contribution in [0.25, 0.3) is 65.3 Å². The van der Waals surface area contributed by atoms with E-state index in [1.807, 2.05) is 170 Å². The summed E-state index contributed by atoms with van der Waals surface area (Å²) in [5, 5.41) is 45.8. The number of carbonyl (C=O) groups is 10. The second-order valence-electron chi connectivity index (χ2n) is 29.7. The van der Waals surface area contributed by atoms with Gasteiger partial charge in [-0.15, -0.1) is 0 Å². The SMILES string of the molecule is CNC(=O)c1ccc(NC(=O)NCc2c3ccccc3c(CNC(=O)Nc3ccc(C(=O)NC)cc3N)c3ccccc23)c(N)c1.CNC(=O)c1ccc(NC(=O)NCc2c3ccccc3c(CNC(=O)Nc3ccc(C(=O)NC)cc3NC(=O)OCC3c4ccccc4-c4ccccc43)c3ccccc23)c(NC(=O)OCC2c3ccccc3-c3ccccc32)c1.[2H][B].[U]. The average molecular weight is 1930 g/mol. The van der Waals surface area contributed by atoms with Crippen LogP contribution in [0, 0.1) is 31.1 Å². The van der Waals surface area contributed by atoms with Crippen molar-refractivity contribution in [3.05, 3.63) is 334 Å². The maximum atomic E-state index is 13.9. The van der Waals surface area contributed by atoms with Crippen molar-refractivity contribution in [2.75, 3.05) is 84.8 Å². The Labute approximate surface area is 762 Å². The smallest absolute Gasteiger partial charge is 0.411 e. The van der Waals surface area contributed by atoms with Gasteiger partial charge in [0.2, 0.25) is 0 Å². The first-order valence-corrected chi connectivity index (χ1v) is 40.5. The molecule has 2 aliphatic rings. The molecule has 128 heavy (non-hydrogen) atoms. The van der Waals surface area contributed by atoms with Crippen LogP contribution in [-0.2, 0) is 35.7 Å². The van der Waals surface area contributed by atoms with Crippen LogP contribution in [-0.4, -0.2) is 111 Å². The predicted molar refractivity (Wildman–Crippen MR) is 499 cm³/mol. The summed E-state index contributed by atoms with van der Waals surface area (Å²) in [7, 11) is 9.80. The van der Waals surface area contributed by atoms with Gasteiger partial charge in [0, 0.05) is 128 Å². The van der Waals surface area contributed by atoms with Crippen LogP contribution in [0.1, 0.15) is 97.8 Å². The number of carbonyl (C=O) groups excluding carboxylic acids is 10. The number of hydrogen-bond donors (Lipinski definition) is 16. The topological polar surface area (TPSA) is 410 Å². The Morgan fingerprint density at radius 1 is 0.289 bits per heavy atom. The molecule has 28 nitrogen and oxygen atoms in total. The average Bonchev–Trinajstić information content (AvgIpc) is 1.66. The van der Waals surface area contributed by atoms with Gasteiger partial charge in [-0.05, 0) is 184 Å². The summed E-state index contributed by atoms with van der Waals surface area (Å²) >= 11 is 0. The Hall–Kier alpha value is -15.7. The van der Waals surface area contributed by atoms with E-state index < -0.39 is 48.1 Å². The molecule has 0 unspecified atom stereocenters. The molecule has 0 aliphatic heterocycles. The minimum Gasteiger partial charge on any atom is -0.448 e. The number of nitrogens with two attached hydrogens (primary N) is 2. The Bertz CT molecular complexity index is 6120. The van der Waals surface area contributed by atoms with Gasteiger partial charge in [0.25, 0.3) is 23.6 Å². The van der Waals surface area contributed by atoms with Gasteiger partial charge in [-0.2, -0.15) is 0 Å². The summed E-state index contributed by atoms with van der Waals surface area (Å²) < 4.78 is 16.9. The molecule has 14 amide bonds. The van der Waals surface area contributed by atoms with Gasteiger partial charge in [-0.25, -0.2) is 28.8 Å². The molecule has 2 radical (unpaired) electrons. The van der Waals surface area contributed by atoms with E-state index in [0.29, 0.717) is 22.5 Å². The van der Waals surface area contributed by atoms with E-state index in [1.165, 1.54) is 76.7 Å². The van der Waals surface area contributed by atoms with Gasteiger partial charge in [-0.3, -0.25) is 29.8 Å². The fraction of sp³-hybridized carbons (Fsp3) is 0.122. The third kappa shape index (κ3) is 19.8. The van der Waals surface area contributed by atoms with E-state index in [0.717, 1.165) is 110 Å². The number of benzene rings is 14. The Morgan fingerprint density at radius 2 is 0.508 bits per heavy atom. The maximum Gasteiger partial charge on any atom is 0.411 e. The molecule has 14 aromatic rings. The fourth-order valence-corrected chi connectivity index (χ4v) is 16.2. The monoisotopic (exact) mass is 1930 g/mol. The van der Waals surface area contributed by atoms with Gasteiger partial charge in [-0.1, -0.05) is 194 Å². The second kappa shape index (κ2) is 40.8. The van der Waals surface area contributed by atoms with Crippen molar-refractivity contribution in [1.29, 1.82) is 1.34 Å². The van der Waals surface area contributed by atoms with E-state index in [4.69, 9.17) is 22.3 Å². The normalized spacial score (nSPS) is 11.4. The van der Waals surface area contributed by atoms with Gasteiger partial charge in [0.15, 0.2) is 0 Å². The first-order chi connectivity index (χ1) is 62.3. The van der Waals surface area contributed by atoms with Crippen molar-refractivity contribution < 1.29 is 88.5 Å². The van der Waals surface area contributed by atoms with Crippen molar-refractivity contribution >= 4 is 157 Å². The van der Waals surface area contributed by atoms with E-state index in [-0.39, 0.29) is 139 Å². The zero-order valence-electron chi connectivity index (χ0n) is 70.9. The zero-order valence-corrected chi connectivity index (χ0v) is 74.1. The minimum absolute atomic E-state index is 0. The minimum atomic E-state index is -0.765. The molecule has 16 rings (SSSR count). The Balaban J connectivity index is 0.000000246. The van der Waals surface area contributed by atoms with Crippen LogP contribution in [0.4, 0.5) is 74.3 Å². The first-order valence-electron chi connectivity index (χ1n) is 41.1. The summed E-state index contributed by atoms with van der Waals surface area (Å²) in [5.41, 5.74) is 27.5. The fourth-order valence-electron chi connectivity index (χ4n) is 16.2. The van der Waals surface area contributed by atoms with Gasteiger partial charge < -0.3 is 84.7 Å². The molecule has 0 atom stereocenters. The molecule has 0 fully saturated rings. The largest absolute Gasteiger partial charge is 0.448 e. The van der Waals surface area contributed by atoms with Gasteiger partial charge in [0.05, 0.1) is 45.5 Å². The number of urea groups is 4. The molecule has 640 valence electrons. The summed E-state index contributed by atoms with van der Waals surface area (Å²) in [4.78, 5) is 130. The summed E-state index contributed by atoms with van der Waals surface area (Å²) in [6, 6.07) is 79.4. The van der Waals surface area contributed by atoms with Crippen LogP contribution in [0.15, 0.2) is 267 Å². The van der Waals surface area contributed by atoms with Crippen LogP contribution in [0.2, 0.25) is 0 Å². The number of rotatable bonds is 22. The van der Waals surface area contributed by atoms with E-state index in [9.17, 15) is 47.9 Å². The number of fused-ring (bicyclic) bond motifs is 10. The first kappa shape index (κ1) is 88.6. The molecular formula is C98H89BN16O12U. The summed E-state index contributed by atoms with van der Waals surface area (Å²) in [6.45, 7) is 0.704. The van der Waals surface area contributed by atoms with Crippen LogP contribution in [0.5, 0.6) is 0 Å². The Kier molecular flexibility index (Phi) is 28.2. The number of nitrogen functional groups attached to an aromatic ring is 2. The molecule has 30 heteroatoms. The second-order valence-corrected chi connectivity index (χ2v) is 29.7. The van der Waals surface area contributed by atoms with Crippen LogP contribution >= 0.6 is 0 Å². The number of hydrogen-bond acceptors (Lipinski definition) is 14. The maximum absolute atomic E-state index is 13.9. The van der Waals surface area contributed by atoms with Crippen molar-refractivity contribution in [2.45, 2.75) is 38.0 Å². The van der Waals surface area contributed by atoms with E-state index in [1.54, 1.807) is 24.3 Å². The number of nitrogens with one attached hydrogen (secondary N) is 14. The molecule has 0 heterocycles. The molecule has 14 aromatic carbocycles. The summed E-state index contributed by atoms with van der Waals surface area (Å²) in [6.07, 6.45) is -1.53. The van der Waals surface area contributed by atoms with Crippen molar-refractivity contribution in [3.63, 3.8) is 0 Å².